The number of phenols is 1. The van der Waals surface area contributed by atoms with Gasteiger partial charge in [0.1, 0.15) is 42.0 Å². The Morgan fingerprint density at radius 3 is 1.89 bits per heavy atom. The fourth-order valence-corrected chi connectivity index (χ4v) is 6.88. The van der Waals surface area contributed by atoms with Gasteiger partial charge < -0.3 is 70.4 Å². The van der Waals surface area contributed by atoms with Crippen LogP contribution in [0.25, 0.3) is 0 Å². The zero-order valence-corrected chi connectivity index (χ0v) is 37.0. The maximum atomic E-state index is 14.1. The van der Waals surface area contributed by atoms with Crippen molar-refractivity contribution in [3.8, 4) is 5.75 Å². The van der Waals surface area contributed by atoms with E-state index in [1.54, 1.807) is 19.1 Å². The molecule has 0 saturated carbocycles. The molecule has 0 spiro atoms. The third-order valence-corrected chi connectivity index (χ3v) is 10.6. The van der Waals surface area contributed by atoms with Crippen molar-refractivity contribution < 1.29 is 43.8 Å². The summed E-state index contributed by atoms with van der Waals surface area (Å²) in [7, 11) is 0. The number of rotatable bonds is 26. The summed E-state index contributed by atoms with van der Waals surface area (Å²) >= 11 is 0. The minimum Gasteiger partial charge on any atom is -0.508 e. The van der Waals surface area contributed by atoms with E-state index in [4.69, 9.17) is 28.7 Å². The number of carboxylic acid groups (broad SMARTS) is 1. The molecule has 0 unspecified atom stereocenters. The number of hydrogen-bond donors (Lipinski definition) is 12. The molecule has 17 N–H and O–H groups in total. The number of phenolic OH excluding ortho intramolecular Hbond substituents is 1. The Balaban J connectivity index is 2.28. The highest BCUT2D eigenvalue weighted by atomic mass is 16.4. The lowest BCUT2D eigenvalue weighted by Crippen LogP contribution is -2.60. The molecule has 0 aliphatic carbocycles. The molecule has 1 aliphatic rings. The van der Waals surface area contributed by atoms with Crippen molar-refractivity contribution in [2.45, 2.75) is 135 Å². The predicted molar refractivity (Wildman–Crippen MR) is 236 cm³/mol. The first-order chi connectivity index (χ1) is 29.6. The van der Waals surface area contributed by atoms with Crippen molar-refractivity contribution in [1.82, 2.24) is 31.5 Å². The monoisotopic (exact) mass is 888 g/mol. The quantitative estimate of drug-likeness (QED) is 0.0272. The van der Waals surface area contributed by atoms with Gasteiger partial charge in [0.2, 0.25) is 35.4 Å². The molecule has 63 heavy (non-hydrogen) atoms. The number of nitrogens with two attached hydrogens (primary N) is 5. The third kappa shape index (κ3) is 18.4. The molecule has 1 saturated heterocycles. The number of carboxylic acids is 1. The summed E-state index contributed by atoms with van der Waals surface area (Å²) in [5, 5.41) is 32.9. The van der Waals surface area contributed by atoms with Crippen molar-refractivity contribution in [2.24, 2.45) is 50.5 Å². The molecule has 22 heteroatoms. The fourth-order valence-electron chi connectivity index (χ4n) is 6.88. The summed E-state index contributed by atoms with van der Waals surface area (Å²) in [4.78, 5) is 103. The van der Waals surface area contributed by atoms with Crippen LogP contribution in [0.15, 0.2) is 34.3 Å². The van der Waals surface area contributed by atoms with Gasteiger partial charge in [-0.05, 0) is 81.4 Å². The summed E-state index contributed by atoms with van der Waals surface area (Å²) in [5.74, 6) is -5.95. The highest BCUT2D eigenvalue weighted by Gasteiger charge is 2.39. The van der Waals surface area contributed by atoms with Gasteiger partial charge >= 0.3 is 5.97 Å². The molecule has 1 aliphatic heterocycles. The van der Waals surface area contributed by atoms with E-state index in [0.29, 0.717) is 24.8 Å². The number of nitrogens with one attached hydrogen (secondary N) is 5. The number of nitrogens with zero attached hydrogens (tertiary/aromatic N) is 3. The standard InChI is InChI=1S/C41H69N13O9/c1-6-23(4)32(37(60)52-30(39(62)63)20-22(2)3)53-35(58)29(21-25-13-15-26(55)16-14-25)51-36(59)31-12-9-19-54(31)38(61)24(5)49-34(57)28(11-8-18-48-41(45)46)50-33(56)27(42)10-7-17-47-40(43)44/h13-16,22-24,27-32,55H,6-12,17-21,42H2,1-5H3,(H,49,57)(H,50,56)(H,51,59)(H,52,60)(H,53,58)(H,62,63)(H4,43,44,47)(H4,45,46,48)/t23-,24-,27-,28-,29-,30-,31-,32-/m0/s1. The molecule has 0 bridgehead atoms. The smallest absolute Gasteiger partial charge is 0.326 e. The Morgan fingerprint density at radius 2 is 1.33 bits per heavy atom. The average molecular weight is 888 g/mol. The van der Waals surface area contributed by atoms with Gasteiger partial charge in [0.25, 0.3) is 0 Å². The Hall–Kier alpha value is -6.19. The Kier molecular flexibility index (Phi) is 22.1. The van der Waals surface area contributed by atoms with Crippen molar-refractivity contribution in [3.63, 3.8) is 0 Å². The molecule has 8 atom stereocenters. The van der Waals surface area contributed by atoms with Gasteiger partial charge in [-0.25, -0.2) is 4.79 Å². The first-order valence-electron chi connectivity index (χ1n) is 21.3. The second kappa shape index (κ2) is 26.3. The highest BCUT2D eigenvalue weighted by molar-refractivity contribution is 5.97. The number of hydrogen-bond acceptors (Lipinski definition) is 11. The second-order valence-corrected chi connectivity index (χ2v) is 16.3. The van der Waals surface area contributed by atoms with E-state index in [1.165, 1.54) is 24.0 Å². The SMILES string of the molecule is CC[C@H](C)[C@H](NC(=O)[C@H](Cc1ccc(O)cc1)NC(=O)[C@@H]1CCCN1C(=O)[C@H](C)NC(=O)[C@H](CCCN=C(N)N)NC(=O)[C@@H](N)CCCN=C(N)N)C(=O)N[C@@H](CC(C)C)C(=O)O. The number of aliphatic imine (C=N–C) groups is 2. The molecule has 1 aromatic carbocycles. The number of carbonyl (C=O) groups excluding carboxylic acids is 6. The van der Waals surface area contributed by atoms with E-state index < -0.39 is 89.6 Å². The molecule has 1 heterocycles. The number of carbonyl (C=O) groups is 7. The molecule has 1 fully saturated rings. The topological polar surface area (TPSA) is 378 Å². The van der Waals surface area contributed by atoms with E-state index in [0.717, 1.165) is 0 Å². The van der Waals surface area contributed by atoms with Crippen LogP contribution in [-0.2, 0) is 40.0 Å². The number of benzene rings is 1. The van der Waals surface area contributed by atoms with E-state index in [9.17, 15) is 43.8 Å². The maximum absolute atomic E-state index is 14.1. The number of aromatic hydroxyl groups is 1. The molecule has 0 aromatic heterocycles. The minimum absolute atomic E-state index is 0.0211. The van der Waals surface area contributed by atoms with Crippen molar-refractivity contribution in [3.05, 3.63) is 29.8 Å². The summed E-state index contributed by atoms with van der Waals surface area (Å²) in [5.41, 5.74) is 28.2. The van der Waals surface area contributed by atoms with Crippen LogP contribution in [0.4, 0.5) is 0 Å². The van der Waals surface area contributed by atoms with Gasteiger partial charge in [-0.1, -0.05) is 46.2 Å². The van der Waals surface area contributed by atoms with Crippen LogP contribution in [0.5, 0.6) is 5.75 Å². The van der Waals surface area contributed by atoms with Gasteiger partial charge in [-0.3, -0.25) is 38.8 Å². The lowest BCUT2D eigenvalue weighted by Gasteiger charge is -2.30. The van der Waals surface area contributed by atoms with Gasteiger partial charge in [-0.2, -0.15) is 0 Å². The largest absolute Gasteiger partial charge is 0.508 e. The molecule has 0 radical (unpaired) electrons. The van der Waals surface area contributed by atoms with Crippen molar-refractivity contribution in [2.75, 3.05) is 19.6 Å². The average Bonchev–Trinajstić information content (AvgIpc) is 3.72. The van der Waals surface area contributed by atoms with Crippen LogP contribution in [0, 0.1) is 11.8 Å². The van der Waals surface area contributed by atoms with Crippen molar-refractivity contribution in [1.29, 1.82) is 0 Å². The van der Waals surface area contributed by atoms with Crippen LogP contribution in [0.3, 0.4) is 0 Å². The predicted octanol–water partition coefficient (Wildman–Crippen LogP) is -2.02. The number of amides is 6. The lowest BCUT2D eigenvalue weighted by atomic mass is 9.96. The van der Waals surface area contributed by atoms with E-state index in [-0.39, 0.29) is 81.7 Å². The van der Waals surface area contributed by atoms with Gasteiger partial charge in [-0.15, -0.1) is 0 Å². The molecular weight excluding hydrogens is 819 g/mol. The van der Waals surface area contributed by atoms with Crippen LogP contribution in [0.1, 0.15) is 91.5 Å². The number of aliphatic carboxylic acids is 1. The van der Waals surface area contributed by atoms with Crippen LogP contribution in [-0.4, -0.2) is 130 Å². The first kappa shape index (κ1) is 52.9. The third-order valence-electron chi connectivity index (χ3n) is 10.6. The summed E-state index contributed by atoms with van der Waals surface area (Å²) < 4.78 is 0. The van der Waals surface area contributed by atoms with Crippen LogP contribution in [0.2, 0.25) is 0 Å². The molecule has 352 valence electrons. The lowest BCUT2D eigenvalue weighted by molar-refractivity contribution is -0.143. The van der Waals surface area contributed by atoms with E-state index >= 15 is 0 Å². The molecule has 6 amide bonds. The summed E-state index contributed by atoms with van der Waals surface area (Å²) in [6.07, 6.45) is 2.20. The van der Waals surface area contributed by atoms with Gasteiger partial charge in [0.05, 0.1) is 6.04 Å². The Bertz CT molecular complexity index is 1770. The minimum atomic E-state index is -1.27. The van der Waals surface area contributed by atoms with Crippen LogP contribution < -0.4 is 55.3 Å². The van der Waals surface area contributed by atoms with Crippen LogP contribution >= 0.6 is 0 Å². The molecular formula is C41H69N13O9. The molecule has 22 nitrogen and oxygen atoms in total. The molecule has 2 rings (SSSR count). The summed E-state index contributed by atoms with van der Waals surface area (Å²) in [6, 6.07) is -1.97. The first-order valence-corrected chi connectivity index (χ1v) is 21.3. The number of likely N-dealkylation sites (tertiary alicyclic amines) is 1. The second-order valence-electron chi connectivity index (χ2n) is 16.3. The van der Waals surface area contributed by atoms with E-state index in [1.807, 2.05) is 20.8 Å². The molecule has 1 aromatic rings. The maximum Gasteiger partial charge on any atom is 0.326 e. The van der Waals surface area contributed by atoms with Crippen molar-refractivity contribution >= 4 is 53.3 Å². The van der Waals surface area contributed by atoms with E-state index in [2.05, 4.69) is 36.6 Å². The zero-order valence-electron chi connectivity index (χ0n) is 37.0. The normalized spacial score (nSPS) is 16.8. The number of guanidine groups is 2. The highest BCUT2D eigenvalue weighted by Crippen LogP contribution is 2.20. The van der Waals surface area contributed by atoms with Gasteiger partial charge in [0.15, 0.2) is 11.9 Å². The fraction of sp³-hybridized carbons (Fsp3) is 0.634. The summed E-state index contributed by atoms with van der Waals surface area (Å²) in [6.45, 7) is 9.20. The van der Waals surface area contributed by atoms with Gasteiger partial charge in [0, 0.05) is 26.1 Å². The Morgan fingerprint density at radius 1 is 0.762 bits per heavy atom. The zero-order chi connectivity index (χ0) is 47.4. The Labute approximate surface area is 368 Å².